The Hall–Kier alpha value is -3.45. The fourth-order valence-corrected chi connectivity index (χ4v) is 6.32. The van der Waals surface area contributed by atoms with Crippen molar-refractivity contribution < 1.29 is 24.6 Å². The standard InChI is InChI=1S/C28H36N2O.C4H4O4/c1-2-30-20-23-9-6-10-25-24(12-13-26(30)28(23)25)27(31)14-11-21-15-17-29(18-16-21)19-22-7-4-3-5-8-22;5-3(6)1-2-4(7)8/h3-5,7-8,12-13,21,23H,2,6,9-11,14-20H2,1H3;1-2H,(H,5,6)(H,7,8)/b;2-1+. The van der Waals surface area contributed by atoms with Gasteiger partial charge in [0.15, 0.2) is 5.78 Å². The van der Waals surface area contributed by atoms with Crippen LogP contribution in [0.4, 0.5) is 5.69 Å². The van der Waals surface area contributed by atoms with E-state index in [2.05, 4.69) is 59.2 Å². The highest BCUT2D eigenvalue weighted by atomic mass is 16.4. The normalized spacial score (nSPS) is 18.9. The summed E-state index contributed by atoms with van der Waals surface area (Å²) in [4.78, 5) is 37.4. The molecule has 2 aromatic carbocycles. The molecule has 2 aliphatic heterocycles. The van der Waals surface area contributed by atoms with Crippen LogP contribution in [0, 0.1) is 5.92 Å². The van der Waals surface area contributed by atoms with Gasteiger partial charge in [-0.15, -0.1) is 0 Å². The molecule has 0 aromatic heterocycles. The molecule has 3 aliphatic rings. The molecule has 0 radical (unpaired) electrons. The van der Waals surface area contributed by atoms with Gasteiger partial charge >= 0.3 is 11.9 Å². The largest absolute Gasteiger partial charge is 0.478 e. The van der Waals surface area contributed by atoms with Gasteiger partial charge in [-0.3, -0.25) is 9.69 Å². The summed E-state index contributed by atoms with van der Waals surface area (Å²) in [6.45, 7) is 7.84. The first kappa shape index (κ1) is 28.6. The summed E-state index contributed by atoms with van der Waals surface area (Å²) in [6.07, 6.45) is 8.96. The molecule has 1 aliphatic carbocycles. The highest BCUT2D eigenvalue weighted by Gasteiger charge is 2.34. The Kier molecular flexibility index (Phi) is 9.93. The molecule has 7 heteroatoms. The van der Waals surface area contributed by atoms with E-state index in [1.165, 1.54) is 48.1 Å². The minimum absolute atomic E-state index is 0.389. The van der Waals surface area contributed by atoms with E-state index in [0.29, 0.717) is 29.8 Å². The lowest BCUT2D eigenvalue weighted by Crippen LogP contribution is -2.33. The number of likely N-dealkylation sites (tertiary alicyclic amines) is 1. The zero-order chi connectivity index (χ0) is 27.8. The van der Waals surface area contributed by atoms with Crippen molar-refractivity contribution in [2.24, 2.45) is 5.92 Å². The topological polar surface area (TPSA) is 98.2 Å². The summed E-state index contributed by atoms with van der Waals surface area (Å²) in [5.41, 5.74) is 6.77. The first-order valence-electron chi connectivity index (χ1n) is 14.2. The maximum absolute atomic E-state index is 13.2. The van der Waals surface area contributed by atoms with Gasteiger partial charge in [-0.2, -0.15) is 0 Å². The molecular weight excluding hydrogens is 492 g/mol. The third-order valence-corrected chi connectivity index (χ3v) is 8.29. The zero-order valence-electron chi connectivity index (χ0n) is 22.8. The molecule has 2 N–H and O–H groups in total. The Morgan fingerprint density at radius 2 is 1.64 bits per heavy atom. The van der Waals surface area contributed by atoms with Crippen LogP contribution in [0.5, 0.6) is 0 Å². The predicted octanol–water partition coefficient (Wildman–Crippen LogP) is 5.53. The average molecular weight is 533 g/mol. The molecule has 39 heavy (non-hydrogen) atoms. The zero-order valence-corrected chi connectivity index (χ0v) is 22.8. The Morgan fingerprint density at radius 1 is 0.949 bits per heavy atom. The van der Waals surface area contributed by atoms with Crippen molar-refractivity contribution in [2.75, 3.05) is 31.1 Å². The monoisotopic (exact) mass is 532 g/mol. The number of Topliss-reactive ketones (excluding diaryl/α,β-unsaturated/α-hetero) is 1. The summed E-state index contributed by atoms with van der Waals surface area (Å²) < 4.78 is 0. The van der Waals surface area contributed by atoms with E-state index < -0.39 is 11.9 Å². The summed E-state index contributed by atoms with van der Waals surface area (Å²) in [5.74, 6) is -0.773. The van der Waals surface area contributed by atoms with Gasteiger partial charge in [0.1, 0.15) is 0 Å². The van der Waals surface area contributed by atoms with Crippen molar-refractivity contribution in [3.63, 3.8) is 0 Å². The Bertz CT molecular complexity index is 1170. The summed E-state index contributed by atoms with van der Waals surface area (Å²) in [5, 5.41) is 15.6. The van der Waals surface area contributed by atoms with Crippen LogP contribution in [0.3, 0.4) is 0 Å². The number of carbonyl (C=O) groups excluding carboxylic acids is 1. The van der Waals surface area contributed by atoms with Gasteiger partial charge < -0.3 is 15.1 Å². The number of nitrogens with zero attached hydrogens (tertiary/aromatic N) is 2. The molecule has 2 heterocycles. The summed E-state index contributed by atoms with van der Waals surface area (Å²) >= 11 is 0. The van der Waals surface area contributed by atoms with Crippen molar-refractivity contribution in [3.8, 4) is 0 Å². The van der Waals surface area contributed by atoms with E-state index >= 15 is 0 Å². The minimum Gasteiger partial charge on any atom is -0.478 e. The van der Waals surface area contributed by atoms with Gasteiger partial charge in [-0.05, 0) is 93.3 Å². The third kappa shape index (κ3) is 7.57. The second kappa shape index (κ2) is 13.6. The highest BCUT2D eigenvalue weighted by molar-refractivity contribution is 5.99. The number of hydrogen-bond acceptors (Lipinski definition) is 5. The van der Waals surface area contributed by atoms with Crippen LogP contribution in [0.15, 0.2) is 54.6 Å². The Balaban J connectivity index is 0.000000386. The highest BCUT2D eigenvalue weighted by Crippen LogP contribution is 2.45. The lowest BCUT2D eigenvalue weighted by molar-refractivity contribution is -0.134. The lowest BCUT2D eigenvalue weighted by Gasteiger charge is -2.32. The Morgan fingerprint density at radius 3 is 2.28 bits per heavy atom. The number of aliphatic carboxylic acids is 2. The molecule has 1 fully saturated rings. The van der Waals surface area contributed by atoms with Crippen molar-refractivity contribution in [1.29, 1.82) is 0 Å². The molecule has 1 saturated heterocycles. The average Bonchev–Trinajstić information content (AvgIpc) is 3.32. The number of carboxylic acids is 2. The quantitative estimate of drug-likeness (QED) is 0.324. The van der Waals surface area contributed by atoms with Crippen molar-refractivity contribution in [1.82, 2.24) is 4.90 Å². The van der Waals surface area contributed by atoms with Crippen LogP contribution in [-0.4, -0.2) is 59.0 Å². The molecule has 208 valence electrons. The van der Waals surface area contributed by atoms with E-state index in [1.807, 2.05) is 0 Å². The van der Waals surface area contributed by atoms with E-state index in [0.717, 1.165) is 57.5 Å². The van der Waals surface area contributed by atoms with Crippen LogP contribution >= 0.6 is 0 Å². The Labute approximate surface area is 231 Å². The maximum Gasteiger partial charge on any atom is 0.328 e. The molecule has 0 bridgehead atoms. The molecule has 1 atom stereocenters. The van der Waals surface area contributed by atoms with Crippen molar-refractivity contribution >= 4 is 23.4 Å². The number of benzene rings is 2. The molecule has 2 aromatic rings. The van der Waals surface area contributed by atoms with Crippen LogP contribution in [0.25, 0.3) is 0 Å². The fraction of sp³-hybridized carbons (Fsp3) is 0.469. The number of rotatable bonds is 9. The molecular formula is C32H40N2O5. The first-order chi connectivity index (χ1) is 18.9. The minimum atomic E-state index is -1.26. The van der Waals surface area contributed by atoms with Crippen LogP contribution in [0.1, 0.15) is 78.4 Å². The van der Waals surface area contributed by atoms with Gasteiger partial charge in [-0.1, -0.05) is 30.3 Å². The molecule has 7 nitrogen and oxygen atoms in total. The third-order valence-electron chi connectivity index (χ3n) is 8.29. The first-order valence-corrected chi connectivity index (χ1v) is 14.2. The number of ketones is 1. The number of piperidine rings is 1. The van der Waals surface area contributed by atoms with Crippen LogP contribution in [-0.2, 0) is 22.6 Å². The van der Waals surface area contributed by atoms with Crippen molar-refractivity contribution in [2.45, 2.75) is 64.3 Å². The van der Waals surface area contributed by atoms with E-state index in [4.69, 9.17) is 10.2 Å². The molecule has 1 unspecified atom stereocenters. The second-order valence-corrected chi connectivity index (χ2v) is 10.8. The van der Waals surface area contributed by atoms with E-state index in [-0.39, 0.29) is 0 Å². The molecule has 5 rings (SSSR count). The SMILES string of the molecule is CCN1CC2CCCc3c(C(=O)CCC4CCN(Cc5ccccc5)CC4)ccc1c32.O=C(O)/C=C/C(=O)O. The summed E-state index contributed by atoms with van der Waals surface area (Å²) in [6, 6.07) is 15.2. The summed E-state index contributed by atoms with van der Waals surface area (Å²) in [7, 11) is 0. The lowest BCUT2D eigenvalue weighted by atomic mass is 9.80. The predicted molar refractivity (Wildman–Crippen MR) is 152 cm³/mol. The fourth-order valence-electron chi connectivity index (χ4n) is 6.32. The number of anilines is 1. The van der Waals surface area contributed by atoms with Crippen LogP contribution in [0.2, 0.25) is 0 Å². The smallest absolute Gasteiger partial charge is 0.328 e. The number of hydrogen-bond donors (Lipinski definition) is 2. The van der Waals surface area contributed by atoms with Crippen molar-refractivity contribution in [3.05, 3.63) is 76.9 Å². The van der Waals surface area contributed by atoms with Gasteiger partial charge in [0.05, 0.1) is 0 Å². The van der Waals surface area contributed by atoms with Gasteiger partial charge in [0.25, 0.3) is 0 Å². The second-order valence-electron chi connectivity index (χ2n) is 10.8. The number of carbonyl (C=O) groups is 3. The van der Waals surface area contributed by atoms with E-state index in [1.54, 1.807) is 0 Å². The van der Waals surface area contributed by atoms with Gasteiger partial charge in [0.2, 0.25) is 0 Å². The van der Waals surface area contributed by atoms with E-state index in [9.17, 15) is 14.4 Å². The van der Waals surface area contributed by atoms with Crippen LogP contribution < -0.4 is 4.90 Å². The number of carboxylic acid groups (broad SMARTS) is 2. The van der Waals surface area contributed by atoms with Gasteiger partial charge in [-0.25, -0.2) is 9.59 Å². The van der Waals surface area contributed by atoms with Gasteiger partial charge in [0, 0.05) is 55.4 Å². The molecule has 0 amide bonds. The molecule has 0 saturated carbocycles. The molecule has 0 spiro atoms. The maximum atomic E-state index is 13.2. The number of likely N-dealkylation sites (N-methyl/N-ethyl adjacent to an activating group) is 1.